The molecule has 1 amide bonds. The van der Waals surface area contributed by atoms with Crippen molar-refractivity contribution in [2.75, 3.05) is 26.2 Å². The first-order valence-electron chi connectivity index (χ1n) is 12.0. The summed E-state index contributed by atoms with van der Waals surface area (Å²) in [5.41, 5.74) is 1.78. The maximum Gasteiger partial charge on any atom is 0.295 e. The molecule has 2 N–H and O–H groups in total. The molecule has 0 bridgehead atoms. The first kappa shape index (κ1) is 23.8. The van der Waals surface area contributed by atoms with Gasteiger partial charge in [0.15, 0.2) is 0 Å². The molecule has 2 unspecified atom stereocenters. The Morgan fingerprint density at radius 1 is 1.18 bits per heavy atom. The average molecular weight is 465 g/mol. The number of nitrogens with zero attached hydrogens (tertiary/aromatic N) is 1. The van der Waals surface area contributed by atoms with Gasteiger partial charge in [0.05, 0.1) is 25.7 Å². The topological polar surface area (TPSA) is 94.3 Å². The fourth-order valence-electron chi connectivity index (χ4n) is 4.96. The summed E-state index contributed by atoms with van der Waals surface area (Å²) in [7, 11) is 0. The Balaban J connectivity index is 1.73. The summed E-state index contributed by atoms with van der Waals surface area (Å²) in [6.45, 7) is 9.39. The van der Waals surface area contributed by atoms with Crippen molar-refractivity contribution in [3.8, 4) is 11.5 Å². The summed E-state index contributed by atoms with van der Waals surface area (Å²) in [5, 5.41) is 23.7. The van der Waals surface area contributed by atoms with Gasteiger partial charge < -0.3 is 24.7 Å². The van der Waals surface area contributed by atoms with Gasteiger partial charge in [-0.15, -0.1) is 0 Å². The van der Waals surface area contributed by atoms with Gasteiger partial charge in [-0.25, -0.2) is 0 Å². The lowest BCUT2D eigenvalue weighted by molar-refractivity contribution is -0.896. The van der Waals surface area contributed by atoms with Crippen molar-refractivity contribution in [1.82, 2.24) is 4.90 Å². The van der Waals surface area contributed by atoms with Crippen molar-refractivity contribution < 1.29 is 29.4 Å². The second kappa shape index (κ2) is 9.89. The largest absolute Gasteiger partial charge is 0.872 e. The number of hydrogen-bond donors (Lipinski definition) is 2. The second-order valence-electron chi connectivity index (χ2n) is 9.08. The lowest BCUT2D eigenvalue weighted by atomic mass is 9.94. The zero-order valence-electron chi connectivity index (χ0n) is 20.0. The van der Waals surface area contributed by atoms with E-state index >= 15 is 0 Å². The molecule has 2 heterocycles. The third kappa shape index (κ3) is 4.53. The van der Waals surface area contributed by atoms with E-state index in [-0.39, 0.29) is 17.4 Å². The Labute approximate surface area is 200 Å². The fourth-order valence-corrected chi connectivity index (χ4v) is 4.96. The van der Waals surface area contributed by atoms with Gasteiger partial charge in [-0.2, -0.15) is 0 Å². The number of rotatable bonds is 8. The minimum Gasteiger partial charge on any atom is -0.872 e. The van der Waals surface area contributed by atoms with Crippen molar-refractivity contribution in [3.05, 3.63) is 64.7 Å². The van der Waals surface area contributed by atoms with Crippen LogP contribution < -0.4 is 14.7 Å². The highest BCUT2D eigenvalue weighted by Gasteiger charge is 2.44. The van der Waals surface area contributed by atoms with Gasteiger partial charge in [0.25, 0.3) is 5.91 Å². The number of ketones is 1. The molecule has 7 nitrogen and oxygen atoms in total. The van der Waals surface area contributed by atoms with Crippen LogP contribution in [0, 0.1) is 0 Å². The zero-order valence-corrected chi connectivity index (χ0v) is 20.0. The van der Waals surface area contributed by atoms with Crippen molar-refractivity contribution in [2.24, 2.45) is 0 Å². The molecule has 2 aliphatic heterocycles. The predicted octanol–water partition coefficient (Wildman–Crippen LogP) is 1.25. The number of fused-ring (bicyclic) bond motifs is 1. The molecule has 4 rings (SSSR count). The number of ether oxygens (including phenoxy) is 1. The number of aromatic hydroxyl groups is 1. The number of amides is 1. The minimum atomic E-state index is -0.824. The van der Waals surface area contributed by atoms with Gasteiger partial charge >= 0.3 is 0 Å². The number of hydrogen-bond acceptors (Lipinski definition) is 5. The average Bonchev–Trinajstić information content (AvgIpc) is 3.32. The first-order chi connectivity index (χ1) is 16.3. The summed E-state index contributed by atoms with van der Waals surface area (Å²) < 4.78 is 5.73. The van der Waals surface area contributed by atoms with E-state index in [1.807, 2.05) is 6.92 Å². The van der Waals surface area contributed by atoms with E-state index in [1.165, 1.54) is 21.9 Å². The Kier molecular flexibility index (Phi) is 6.93. The molecule has 2 aromatic carbocycles. The van der Waals surface area contributed by atoms with E-state index in [2.05, 4.69) is 13.8 Å². The van der Waals surface area contributed by atoms with Gasteiger partial charge in [0.1, 0.15) is 17.6 Å². The highest BCUT2D eigenvalue weighted by molar-refractivity contribution is 6.46. The van der Waals surface area contributed by atoms with Crippen LogP contribution in [-0.2, 0) is 16.0 Å². The van der Waals surface area contributed by atoms with Gasteiger partial charge in [-0.3, -0.25) is 9.59 Å². The van der Waals surface area contributed by atoms with Crippen molar-refractivity contribution in [3.63, 3.8) is 0 Å². The molecule has 0 spiro atoms. The normalized spacial score (nSPS) is 21.2. The molecule has 180 valence electrons. The smallest absolute Gasteiger partial charge is 0.295 e. The van der Waals surface area contributed by atoms with E-state index in [4.69, 9.17) is 4.74 Å². The fraction of sp³-hybridized carbons (Fsp3) is 0.407. The molecule has 1 saturated heterocycles. The maximum absolute atomic E-state index is 13.6. The SMILES string of the molecule is CC[NH+](CC)CCCN1C(=O)C(=O)/C(=C(/[O-])c2ccc3c(c2)CC(C)O3)C1c1cccc(O)c1. The molecular formula is C27H32N2O5. The highest BCUT2D eigenvalue weighted by Crippen LogP contribution is 2.40. The molecular weight excluding hydrogens is 432 g/mol. The van der Waals surface area contributed by atoms with E-state index in [1.54, 1.807) is 30.3 Å². The highest BCUT2D eigenvalue weighted by atomic mass is 16.5. The molecule has 0 aromatic heterocycles. The quantitative estimate of drug-likeness (QED) is 0.349. The third-order valence-electron chi connectivity index (χ3n) is 6.80. The Bertz CT molecular complexity index is 1120. The number of phenols is 1. The maximum atomic E-state index is 13.6. The summed E-state index contributed by atoms with van der Waals surface area (Å²) >= 11 is 0. The molecule has 0 saturated carbocycles. The van der Waals surface area contributed by atoms with Crippen LogP contribution in [0.15, 0.2) is 48.0 Å². The predicted molar refractivity (Wildman–Crippen MR) is 126 cm³/mol. The van der Waals surface area contributed by atoms with E-state index in [0.717, 1.165) is 30.9 Å². The van der Waals surface area contributed by atoms with Crippen LogP contribution in [-0.4, -0.2) is 54.0 Å². The third-order valence-corrected chi connectivity index (χ3v) is 6.80. The summed E-state index contributed by atoms with van der Waals surface area (Å²) in [5.74, 6) is -1.12. The Hall–Kier alpha value is -3.32. The summed E-state index contributed by atoms with van der Waals surface area (Å²) in [6, 6.07) is 10.8. The van der Waals surface area contributed by atoms with Crippen molar-refractivity contribution in [2.45, 2.75) is 45.8 Å². The van der Waals surface area contributed by atoms with Crippen LogP contribution in [0.1, 0.15) is 49.9 Å². The summed E-state index contributed by atoms with van der Waals surface area (Å²) in [4.78, 5) is 29.1. The second-order valence-corrected chi connectivity index (χ2v) is 9.08. The molecule has 0 radical (unpaired) electrons. The monoisotopic (exact) mass is 464 g/mol. The van der Waals surface area contributed by atoms with Gasteiger partial charge in [0, 0.05) is 25.0 Å². The van der Waals surface area contributed by atoms with Gasteiger partial charge in [-0.1, -0.05) is 24.0 Å². The van der Waals surface area contributed by atoms with Crippen molar-refractivity contribution >= 4 is 17.4 Å². The molecule has 2 atom stereocenters. The van der Waals surface area contributed by atoms with Gasteiger partial charge in [-0.05, 0) is 61.7 Å². The van der Waals surface area contributed by atoms with E-state index in [9.17, 15) is 19.8 Å². The molecule has 34 heavy (non-hydrogen) atoms. The number of likely N-dealkylation sites (tertiary alicyclic amines) is 1. The standard InChI is InChI=1S/C27H32N2O5/c1-4-28(5-2)12-7-13-29-24(18-8-6-9-21(30)16-18)23(26(32)27(29)33)25(31)19-10-11-22-20(15-19)14-17(3)34-22/h6,8-11,15-17,24,30-31H,4-5,7,12-14H2,1-3H3/b25-23+. The minimum absolute atomic E-state index is 0.0206. The van der Waals surface area contributed by atoms with Crippen LogP contribution in [0.4, 0.5) is 0 Å². The number of benzene rings is 2. The van der Waals surface area contributed by atoms with E-state index in [0.29, 0.717) is 30.5 Å². The molecule has 7 heteroatoms. The molecule has 1 fully saturated rings. The number of quaternary nitrogens is 1. The van der Waals surface area contributed by atoms with Crippen LogP contribution in [0.25, 0.3) is 5.76 Å². The zero-order chi connectivity index (χ0) is 24.4. The number of Topliss-reactive ketones (excluding diaryl/α,β-unsaturated/α-hetero) is 1. The number of carbonyl (C=O) groups is 2. The van der Waals surface area contributed by atoms with E-state index < -0.39 is 23.5 Å². The van der Waals surface area contributed by atoms with Crippen LogP contribution in [0.5, 0.6) is 11.5 Å². The summed E-state index contributed by atoms with van der Waals surface area (Å²) in [6.07, 6.45) is 1.43. The Morgan fingerprint density at radius 3 is 2.65 bits per heavy atom. The van der Waals surface area contributed by atoms with Gasteiger partial charge in [0.2, 0.25) is 5.78 Å². The number of nitrogens with one attached hydrogen (secondary N) is 1. The Morgan fingerprint density at radius 2 is 1.94 bits per heavy atom. The van der Waals surface area contributed by atoms with Crippen LogP contribution in [0.3, 0.4) is 0 Å². The first-order valence-corrected chi connectivity index (χ1v) is 12.0. The van der Waals surface area contributed by atoms with Crippen LogP contribution in [0.2, 0.25) is 0 Å². The molecule has 2 aromatic rings. The van der Waals surface area contributed by atoms with Crippen LogP contribution >= 0.6 is 0 Å². The lowest BCUT2D eigenvalue weighted by Crippen LogP contribution is -3.11. The number of carbonyl (C=O) groups excluding carboxylic acids is 2. The number of phenolic OH excluding ortho intramolecular Hbond substituents is 1. The molecule has 2 aliphatic rings. The van der Waals surface area contributed by atoms with Crippen molar-refractivity contribution in [1.29, 1.82) is 0 Å². The lowest BCUT2D eigenvalue weighted by Gasteiger charge is -2.28. The molecule has 0 aliphatic carbocycles.